The van der Waals surface area contributed by atoms with Gasteiger partial charge in [-0.1, -0.05) is 48.5 Å². The standard InChI is InChI=1S/C30H33FN4O2.Na/c31-26-13-11-25(12-14-26)22-35-28-6-2-1-5-27(28)32-30(35)34-18-3-16-33(17-4-19-34)20-15-23-7-9-24(10-8-23)21-29(36)37;/h1-2,5-14H,3-4,15-22H2,(H,36,37);/q;+1/p-1. The van der Waals surface area contributed by atoms with Gasteiger partial charge in [0.1, 0.15) is 5.82 Å². The van der Waals surface area contributed by atoms with Crippen molar-refractivity contribution >= 4 is 23.0 Å². The summed E-state index contributed by atoms with van der Waals surface area (Å²) in [6.45, 7) is 5.56. The van der Waals surface area contributed by atoms with Crippen LogP contribution in [0.1, 0.15) is 29.5 Å². The molecule has 38 heavy (non-hydrogen) atoms. The number of fused-ring (bicyclic) bond motifs is 1. The maximum atomic E-state index is 13.5. The average molecular weight is 523 g/mol. The number of hydrogen-bond donors (Lipinski definition) is 0. The summed E-state index contributed by atoms with van der Waals surface area (Å²) in [5.41, 5.74) is 5.13. The Kier molecular flexibility index (Phi) is 9.97. The zero-order chi connectivity index (χ0) is 25.6. The molecular formula is C30H32FN4NaO2. The molecule has 4 aromatic rings. The number of carbonyl (C=O) groups is 1. The van der Waals surface area contributed by atoms with Crippen LogP contribution in [0.25, 0.3) is 11.0 Å². The van der Waals surface area contributed by atoms with E-state index in [1.807, 2.05) is 48.5 Å². The number of anilines is 1. The molecule has 2 heterocycles. The zero-order valence-corrected chi connectivity index (χ0v) is 24.0. The van der Waals surface area contributed by atoms with E-state index in [1.54, 1.807) is 0 Å². The molecule has 1 aliphatic heterocycles. The van der Waals surface area contributed by atoms with E-state index in [-0.39, 0.29) is 41.8 Å². The van der Waals surface area contributed by atoms with Crippen LogP contribution < -0.4 is 39.6 Å². The second kappa shape index (κ2) is 13.4. The summed E-state index contributed by atoms with van der Waals surface area (Å²) in [6.07, 6.45) is 3.00. The molecule has 1 saturated heterocycles. The third-order valence-electron chi connectivity index (χ3n) is 7.06. The maximum absolute atomic E-state index is 13.5. The van der Waals surface area contributed by atoms with Gasteiger partial charge in [0.2, 0.25) is 5.95 Å². The van der Waals surface area contributed by atoms with E-state index < -0.39 is 5.97 Å². The molecule has 0 bridgehead atoms. The first-order valence-corrected chi connectivity index (χ1v) is 13.0. The van der Waals surface area contributed by atoms with Crippen molar-refractivity contribution in [1.29, 1.82) is 0 Å². The van der Waals surface area contributed by atoms with Crippen molar-refractivity contribution in [3.05, 3.63) is 95.3 Å². The van der Waals surface area contributed by atoms with Crippen molar-refractivity contribution in [2.45, 2.75) is 32.2 Å². The first kappa shape index (κ1) is 28.3. The van der Waals surface area contributed by atoms with E-state index in [4.69, 9.17) is 4.98 Å². The molecule has 6 nitrogen and oxygen atoms in total. The van der Waals surface area contributed by atoms with Gasteiger partial charge in [0, 0.05) is 32.0 Å². The monoisotopic (exact) mass is 522 g/mol. The molecule has 1 aromatic heterocycles. The number of nitrogens with zero attached hydrogens (tertiary/aromatic N) is 4. The van der Waals surface area contributed by atoms with E-state index in [9.17, 15) is 14.3 Å². The minimum absolute atomic E-state index is 0. The van der Waals surface area contributed by atoms with Gasteiger partial charge in [0.05, 0.1) is 17.6 Å². The zero-order valence-electron chi connectivity index (χ0n) is 22.0. The number of hydrogen-bond acceptors (Lipinski definition) is 5. The third kappa shape index (κ3) is 7.23. The maximum Gasteiger partial charge on any atom is 1.00 e. The fourth-order valence-electron chi connectivity index (χ4n) is 5.13. The predicted molar refractivity (Wildman–Crippen MR) is 142 cm³/mol. The molecule has 8 heteroatoms. The molecule has 3 aromatic carbocycles. The van der Waals surface area contributed by atoms with Crippen molar-refractivity contribution < 1.29 is 43.8 Å². The van der Waals surface area contributed by atoms with E-state index in [0.29, 0.717) is 6.54 Å². The Morgan fingerprint density at radius 2 is 1.47 bits per heavy atom. The molecule has 0 saturated carbocycles. The van der Waals surface area contributed by atoms with E-state index in [2.05, 4.69) is 26.5 Å². The molecule has 0 amide bonds. The van der Waals surface area contributed by atoms with Gasteiger partial charge >= 0.3 is 29.6 Å². The van der Waals surface area contributed by atoms with Crippen LogP contribution in [0, 0.1) is 5.82 Å². The van der Waals surface area contributed by atoms with Crippen LogP contribution in [0.5, 0.6) is 0 Å². The second-order valence-corrected chi connectivity index (χ2v) is 9.76. The number of carboxylic acids is 1. The Labute approximate surface area is 245 Å². The van der Waals surface area contributed by atoms with Crippen LogP contribution in [0.4, 0.5) is 10.3 Å². The van der Waals surface area contributed by atoms with Crippen LogP contribution in [-0.4, -0.2) is 53.1 Å². The van der Waals surface area contributed by atoms with Crippen LogP contribution in [0.15, 0.2) is 72.8 Å². The molecule has 0 spiro atoms. The molecule has 5 rings (SSSR count). The Bertz CT molecular complexity index is 1330. The van der Waals surface area contributed by atoms with Gasteiger partial charge in [-0.2, -0.15) is 0 Å². The number of rotatable bonds is 8. The van der Waals surface area contributed by atoms with Gasteiger partial charge < -0.3 is 24.3 Å². The summed E-state index contributed by atoms with van der Waals surface area (Å²) >= 11 is 0. The van der Waals surface area contributed by atoms with Crippen molar-refractivity contribution in [2.24, 2.45) is 0 Å². The fraction of sp³-hybridized carbons (Fsp3) is 0.333. The first-order chi connectivity index (χ1) is 18.0. The van der Waals surface area contributed by atoms with Gasteiger partial charge in [-0.25, -0.2) is 9.37 Å². The second-order valence-electron chi connectivity index (χ2n) is 9.76. The summed E-state index contributed by atoms with van der Waals surface area (Å²) in [4.78, 5) is 20.7. The van der Waals surface area contributed by atoms with Crippen molar-refractivity contribution in [3.8, 4) is 0 Å². The smallest absolute Gasteiger partial charge is 0.550 e. The minimum atomic E-state index is -1.05. The summed E-state index contributed by atoms with van der Waals surface area (Å²) in [7, 11) is 0. The van der Waals surface area contributed by atoms with Crippen molar-refractivity contribution in [1.82, 2.24) is 14.5 Å². The van der Waals surface area contributed by atoms with Crippen LogP contribution in [-0.2, 0) is 24.2 Å². The molecule has 1 fully saturated rings. The van der Waals surface area contributed by atoms with Crippen LogP contribution >= 0.6 is 0 Å². The number of para-hydroxylation sites is 2. The predicted octanol–water partition coefficient (Wildman–Crippen LogP) is 0.665. The van der Waals surface area contributed by atoms with Crippen LogP contribution in [0.3, 0.4) is 0 Å². The van der Waals surface area contributed by atoms with Crippen molar-refractivity contribution in [3.63, 3.8) is 0 Å². The molecule has 1 aliphatic rings. The molecule has 0 atom stereocenters. The third-order valence-corrected chi connectivity index (χ3v) is 7.06. The number of carboxylic acid groups (broad SMARTS) is 1. The van der Waals surface area contributed by atoms with Gasteiger partial charge in [-0.05, 0) is 73.3 Å². The Morgan fingerprint density at radius 3 is 2.16 bits per heavy atom. The van der Waals surface area contributed by atoms with Gasteiger partial charge in [0.25, 0.3) is 0 Å². The molecule has 192 valence electrons. The molecule has 0 aliphatic carbocycles. The molecule has 0 unspecified atom stereocenters. The summed E-state index contributed by atoms with van der Waals surface area (Å²) in [5, 5.41) is 10.8. The Hall–Kier alpha value is -2.71. The number of imidazole rings is 1. The normalized spacial score (nSPS) is 14.6. The quantitative estimate of drug-likeness (QED) is 0.319. The summed E-state index contributed by atoms with van der Waals surface area (Å²) < 4.78 is 15.7. The van der Waals surface area contributed by atoms with E-state index in [0.717, 1.165) is 80.1 Å². The van der Waals surface area contributed by atoms with Gasteiger partial charge in [0.15, 0.2) is 0 Å². The minimum Gasteiger partial charge on any atom is -0.550 e. The Balaban J connectivity index is 0.00000336. The van der Waals surface area contributed by atoms with Crippen molar-refractivity contribution in [2.75, 3.05) is 37.6 Å². The SMILES string of the molecule is O=C([O-])Cc1ccc(CCN2CCCN(c3nc4ccccc4n3Cc3ccc(F)cc3)CCC2)cc1.[Na+]. The topological polar surface area (TPSA) is 64.4 Å². The largest absolute Gasteiger partial charge is 1.00 e. The fourth-order valence-corrected chi connectivity index (χ4v) is 5.13. The number of aliphatic carboxylic acids is 1. The molecular weight excluding hydrogens is 490 g/mol. The van der Waals surface area contributed by atoms with Gasteiger partial charge in [-0.3, -0.25) is 0 Å². The van der Waals surface area contributed by atoms with E-state index >= 15 is 0 Å². The van der Waals surface area contributed by atoms with E-state index in [1.165, 1.54) is 17.7 Å². The number of carbonyl (C=O) groups excluding carboxylic acids is 1. The Morgan fingerprint density at radius 1 is 0.842 bits per heavy atom. The summed E-state index contributed by atoms with van der Waals surface area (Å²) in [5.74, 6) is -0.287. The summed E-state index contributed by atoms with van der Waals surface area (Å²) in [6, 6.07) is 22.7. The number of aromatic nitrogens is 2. The first-order valence-electron chi connectivity index (χ1n) is 13.0. The number of benzene rings is 3. The molecule has 0 N–H and O–H groups in total. The molecule has 0 radical (unpaired) electrons. The number of halogens is 1. The van der Waals surface area contributed by atoms with Crippen LogP contribution in [0.2, 0.25) is 0 Å². The van der Waals surface area contributed by atoms with Gasteiger partial charge in [-0.15, -0.1) is 0 Å². The average Bonchev–Trinajstić information content (AvgIpc) is 3.23.